The Morgan fingerprint density at radius 1 is 1.13 bits per heavy atom. The van der Waals surface area contributed by atoms with Gasteiger partial charge in [0.05, 0.1) is 6.61 Å². The number of aryl methyl sites for hydroxylation is 1. The Morgan fingerprint density at radius 3 is 2.35 bits per heavy atom. The molecule has 0 aromatic heterocycles. The van der Waals surface area contributed by atoms with Crippen molar-refractivity contribution in [2.45, 2.75) is 71.7 Å². The molecule has 1 aromatic carbocycles. The first kappa shape index (κ1) is 19.7. The van der Waals surface area contributed by atoms with Crippen LogP contribution in [0.1, 0.15) is 65.0 Å². The van der Waals surface area contributed by atoms with Crippen molar-refractivity contribution in [1.29, 1.82) is 0 Å². The van der Waals surface area contributed by atoms with E-state index in [0.29, 0.717) is 0 Å². The minimum absolute atomic E-state index is 0.0462. The van der Waals surface area contributed by atoms with Crippen molar-refractivity contribution in [1.82, 2.24) is 0 Å². The second-order valence-corrected chi connectivity index (χ2v) is 7.88. The molecule has 1 rings (SSSR count). The first-order chi connectivity index (χ1) is 10.6. The maximum Gasteiger partial charge on any atom is 0.121 e. The lowest BCUT2D eigenvalue weighted by molar-refractivity contribution is 0.0693. The lowest BCUT2D eigenvalue weighted by atomic mass is 9.62. The zero-order valence-electron chi connectivity index (χ0n) is 16.1. The molecule has 2 nitrogen and oxygen atoms in total. The summed E-state index contributed by atoms with van der Waals surface area (Å²) in [5.74, 6) is 1.60. The van der Waals surface area contributed by atoms with Crippen LogP contribution in [-0.4, -0.2) is 20.1 Å². The van der Waals surface area contributed by atoms with Gasteiger partial charge in [0.25, 0.3) is 0 Å². The van der Waals surface area contributed by atoms with Crippen molar-refractivity contribution in [2.75, 3.05) is 6.61 Å². The van der Waals surface area contributed by atoms with Crippen molar-refractivity contribution < 1.29 is 9.47 Å². The molecule has 128 valence electrons. The van der Waals surface area contributed by atoms with Gasteiger partial charge >= 0.3 is 0 Å². The van der Waals surface area contributed by atoms with E-state index in [1.165, 1.54) is 12.8 Å². The van der Waals surface area contributed by atoms with Gasteiger partial charge in [-0.1, -0.05) is 40.2 Å². The molecule has 0 aliphatic heterocycles. The molecule has 0 amide bonds. The number of rotatable bonds is 9. The molecule has 0 aliphatic rings. The van der Waals surface area contributed by atoms with Crippen LogP contribution in [0.3, 0.4) is 0 Å². The van der Waals surface area contributed by atoms with E-state index in [1.807, 2.05) is 6.07 Å². The average Bonchev–Trinajstić information content (AvgIpc) is 2.41. The van der Waals surface area contributed by atoms with E-state index < -0.39 is 0 Å². The minimum atomic E-state index is -0.263. The van der Waals surface area contributed by atoms with E-state index in [0.717, 1.165) is 35.7 Å². The molecule has 0 atom stereocenters. The van der Waals surface area contributed by atoms with E-state index in [9.17, 15) is 0 Å². The van der Waals surface area contributed by atoms with Gasteiger partial charge in [0.1, 0.15) is 25.0 Å². The molecule has 0 saturated heterocycles. The zero-order chi connectivity index (χ0) is 17.7. The predicted molar refractivity (Wildman–Crippen MR) is 103 cm³/mol. The first-order valence-corrected chi connectivity index (χ1v) is 8.69. The second-order valence-electron chi connectivity index (χ2n) is 7.88. The molecule has 0 radical (unpaired) electrons. The summed E-state index contributed by atoms with van der Waals surface area (Å²) in [6.45, 7) is 17.7. The normalized spacial score (nSPS) is 12.1. The van der Waals surface area contributed by atoms with Crippen molar-refractivity contribution in [2.24, 2.45) is 0 Å². The average molecular weight is 316 g/mol. The SMILES string of the molecule is BC(C)(C)C(C)(C)Oc1cc(C)cc(C(=C)OCCCCC)c1. The van der Waals surface area contributed by atoms with Gasteiger partial charge in [-0.05, 0) is 56.3 Å². The van der Waals surface area contributed by atoms with Gasteiger partial charge in [-0.15, -0.1) is 0 Å². The standard InChI is InChI=1S/C20H33BO2/c1-8-9-10-11-22-16(3)17-12-15(2)13-18(14-17)23-20(6,7)19(4,5)21/h12-14H,3,8-11,21H2,1-2,4-7H3. The van der Waals surface area contributed by atoms with Crippen LogP contribution in [0.5, 0.6) is 5.75 Å². The Kier molecular flexibility index (Phi) is 6.79. The highest BCUT2D eigenvalue weighted by Crippen LogP contribution is 2.38. The quantitative estimate of drug-likeness (QED) is 0.356. The van der Waals surface area contributed by atoms with Crippen LogP contribution in [0.2, 0.25) is 5.31 Å². The van der Waals surface area contributed by atoms with Crippen molar-refractivity contribution in [3.63, 3.8) is 0 Å². The van der Waals surface area contributed by atoms with Crippen LogP contribution in [-0.2, 0) is 4.74 Å². The third-order valence-corrected chi connectivity index (χ3v) is 4.58. The first-order valence-electron chi connectivity index (χ1n) is 8.69. The molecule has 0 N–H and O–H groups in total. The maximum atomic E-state index is 6.28. The predicted octanol–water partition coefficient (Wildman–Crippen LogP) is 5.16. The van der Waals surface area contributed by atoms with Crippen LogP contribution < -0.4 is 4.74 Å². The summed E-state index contributed by atoms with van der Waals surface area (Å²) in [6, 6.07) is 6.20. The van der Waals surface area contributed by atoms with E-state index in [4.69, 9.17) is 9.47 Å². The summed E-state index contributed by atoms with van der Waals surface area (Å²) >= 11 is 0. The molecule has 0 heterocycles. The monoisotopic (exact) mass is 316 g/mol. The summed E-state index contributed by atoms with van der Waals surface area (Å²) < 4.78 is 12.1. The molecule has 0 spiro atoms. The fraction of sp³-hybridized carbons (Fsp3) is 0.600. The molecule has 23 heavy (non-hydrogen) atoms. The van der Waals surface area contributed by atoms with Crippen LogP contribution in [0.4, 0.5) is 0 Å². The third-order valence-electron chi connectivity index (χ3n) is 4.58. The molecule has 0 fully saturated rings. The Morgan fingerprint density at radius 2 is 1.78 bits per heavy atom. The van der Waals surface area contributed by atoms with Gasteiger partial charge in [0, 0.05) is 5.56 Å². The highest BCUT2D eigenvalue weighted by Gasteiger charge is 2.34. The van der Waals surface area contributed by atoms with Gasteiger partial charge in [-0.25, -0.2) is 0 Å². The van der Waals surface area contributed by atoms with E-state index in [-0.39, 0.29) is 10.9 Å². The van der Waals surface area contributed by atoms with Crippen molar-refractivity contribution in [3.05, 3.63) is 35.9 Å². The molecule has 1 aromatic rings. The lowest BCUT2D eigenvalue weighted by Crippen LogP contribution is -2.39. The Labute approximate surface area is 143 Å². The van der Waals surface area contributed by atoms with Gasteiger partial charge in [-0.2, -0.15) is 0 Å². The van der Waals surface area contributed by atoms with Crippen molar-refractivity contribution in [3.8, 4) is 5.75 Å². The largest absolute Gasteiger partial charge is 0.494 e. The Hall–Kier alpha value is -1.38. The van der Waals surface area contributed by atoms with E-state index >= 15 is 0 Å². The number of benzene rings is 1. The van der Waals surface area contributed by atoms with E-state index in [1.54, 1.807) is 0 Å². The summed E-state index contributed by atoms with van der Waals surface area (Å²) in [6.07, 6.45) is 3.46. The van der Waals surface area contributed by atoms with E-state index in [2.05, 4.69) is 68.1 Å². The molecule has 0 unspecified atom stereocenters. The highest BCUT2D eigenvalue weighted by molar-refractivity contribution is 6.15. The molecule has 0 saturated carbocycles. The van der Waals surface area contributed by atoms with Crippen molar-refractivity contribution >= 4 is 13.6 Å². The molecular formula is C20H33BO2. The molecular weight excluding hydrogens is 283 g/mol. The fourth-order valence-electron chi connectivity index (χ4n) is 2.05. The Balaban J connectivity index is 2.85. The zero-order valence-corrected chi connectivity index (χ0v) is 16.1. The second kappa shape index (κ2) is 7.94. The van der Waals surface area contributed by atoms with Crippen LogP contribution in [0, 0.1) is 6.92 Å². The van der Waals surface area contributed by atoms with Gasteiger partial charge in [-0.3, -0.25) is 0 Å². The summed E-state index contributed by atoms with van der Waals surface area (Å²) in [7, 11) is 2.19. The molecule has 0 bridgehead atoms. The smallest absolute Gasteiger partial charge is 0.121 e. The number of unbranched alkanes of at least 4 members (excludes halogenated alkanes) is 2. The summed E-state index contributed by atoms with van der Waals surface area (Å²) in [5.41, 5.74) is 1.89. The maximum absolute atomic E-state index is 6.28. The number of hydrogen-bond acceptors (Lipinski definition) is 2. The molecule has 0 aliphatic carbocycles. The summed E-state index contributed by atoms with van der Waals surface area (Å²) in [4.78, 5) is 0. The Bertz CT molecular complexity index is 527. The van der Waals surface area contributed by atoms with Crippen LogP contribution in [0.15, 0.2) is 24.8 Å². The van der Waals surface area contributed by atoms with Crippen LogP contribution >= 0.6 is 0 Å². The van der Waals surface area contributed by atoms with Gasteiger partial charge < -0.3 is 9.47 Å². The molecule has 3 heteroatoms. The lowest BCUT2D eigenvalue weighted by Gasteiger charge is -2.39. The van der Waals surface area contributed by atoms with Gasteiger partial charge in [0.15, 0.2) is 0 Å². The van der Waals surface area contributed by atoms with Crippen LogP contribution in [0.25, 0.3) is 5.76 Å². The topological polar surface area (TPSA) is 18.5 Å². The number of hydrogen-bond donors (Lipinski definition) is 0. The summed E-state index contributed by atoms with van der Waals surface area (Å²) in [5, 5.41) is 0.0462. The third kappa shape index (κ3) is 5.97. The minimum Gasteiger partial charge on any atom is -0.494 e. The number of ether oxygens (including phenoxy) is 2. The highest BCUT2D eigenvalue weighted by atomic mass is 16.5. The fourth-order valence-corrected chi connectivity index (χ4v) is 2.05. The van der Waals surface area contributed by atoms with Gasteiger partial charge in [0.2, 0.25) is 0 Å².